The molecule has 4 heteroatoms. The van der Waals surface area contributed by atoms with Crippen molar-refractivity contribution < 1.29 is 14.3 Å². The Kier molecular flexibility index (Phi) is 2.72. The van der Waals surface area contributed by atoms with Crippen LogP contribution in [0.5, 0.6) is 5.75 Å². The highest BCUT2D eigenvalue weighted by Gasteiger charge is 2.24. The molecule has 76 valence electrons. The lowest BCUT2D eigenvalue weighted by atomic mass is 9.96. The first-order valence-corrected chi connectivity index (χ1v) is 5.51. The second kappa shape index (κ2) is 4.00. The predicted molar refractivity (Wildman–Crippen MR) is 53.9 cm³/mol. The Morgan fingerprint density at radius 1 is 1.57 bits per heavy atom. The number of hydrogen-bond donors (Lipinski definition) is 0. The Hall–Kier alpha value is -1.03. The largest absolute Gasteiger partial charge is 0.495 e. The summed E-state index contributed by atoms with van der Waals surface area (Å²) in [6.45, 7) is 0. The molecule has 0 atom stereocenters. The number of esters is 1. The van der Waals surface area contributed by atoms with Crippen LogP contribution in [0.4, 0.5) is 0 Å². The van der Waals surface area contributed by atoms with Gasteiger partial charge in [-0.15, -0.1) is 11.3 Å². The van der Waals surface area contributed by atoms with Crippen LogP contribution < -0.4 is 4.74 Å². The van der Waals surface area contributed by atoms with Crippen molar-refractivity contribution in [1.82, 2.24) is 0 Å². The number of rotatable bonds is 3. The highest BCUT2D eigenvalue weighted by atomic mass is 32.1. The molecule has 1 heterocycles. The summed E-state index contributed by atoms with van der Waals surface area (Å²) in [5, 5.41) is 1.83. The fraction of sp³-hybridized carbons (Fsp3) is 0.500. The average Bonchev–Trinajstić information content (AvgIpc) is 2.58. The van der Waals surface area contributed by atoms with Crippen LogP contribution in [-0.4, -0.2) is 19.2 Å². The van der Waals surface area contributed by atoms with E-state index in [0.29, 0.717) is 10.6 Å². The summed E-state index contributed by atoms with van der Waals surface area (Å²) in [5.41, 5.74) is 0. The molecule has 1 aliphatic carbocycles. The zero-order chi connectivity index (χ0) is 9.97. The van der Waals surface area contributed by atoms with E-state index in [-0.39, 0.29) is 12.1 Å². The molecule has 0 amide bonds. The van der Waals surface area contributed by atoms with E-state index in [0.717, 1.165) is 12.8 Å². The molecule has 2 rings (SSSR count). The predicted octanol–water partition coefficient (Wildman–Crippen LogP) is 2.47. The molecule has 0 spiro atoms. The van der Waals surface area contributed by atoms with Gasteiger partial charge in [-0.05, 0) is 30.7 Å². The van der Waals surface area contributed by atoms with Crippen LogP contribution in [0, 0.1) is 0 Å². The van der Waals surface area contributed by atoms with Crippen molar-refractivity contribution in [3.05, 3.63) is 16.3 Å². The summed E-state index contributed by atoms with van der Waals surface area (Å²) in [7, 11) is 1.56. The molecule has 0 N–H and O–H groups in total. The van der Waals surface area contributed by atoms with Gasteiger partial charge in [0.2, 0.25) is 0 Å². The summed E-state index contributed by atoms with van der Waals surface area (Å²) < 4.78 is 10.3. The molecule has 0 saturated heterocycles. The van der Waals surface area contributed by atoms with Gasteiger partial charge in [-0.25, -0.2) is 4.79 Å². The maximum atomic E-state index is 11.6. The number of carbonyl (C=O) groups excluding carboxylic acids is 1. The van der Waals surface area contributed by atoms with Gasteiger partial charge in [-0.2, -0.15) is 0 Å². The minimum atomic E-state index is -0.249. The molecular formula is C10H12O3S. The molecule has 0 bridgehead atoms. The van der Waals surface area contributed by atoms with Crippen LogP contribution in [-0.2, 0) is 4.74 Å². The minimum Gasteiger partial charge on any atom is -0.495 e. The molecule has 1 aromatic heterocycles. The van der Waals surface area contributed by atoms with Crippen LogP contribution in [0.3, 0.4) is 0 Å². The van der Waals surface area contributed by atoms with E-state index in [1.54, 1.807) is 13.2 Å². The summed E-state index contributed by atoms with van der Waals surface area (Å²) in [4.78, 5) is 12.2. The highest BCUT2D eigenvalue weighted by molar-refractivity contribution is 7.12. The van der Waals surface area contributed by atoms with E-state index in [2.05, 4.69) is 0 Å². The summed E-state index contributed by atoms with van der Waals surface area (Å²) in [6, 6.07) is 1.78. The van der Waals surface area contributed by atoms with Gasteiger partial charge in [0.1, 0.15) is 11.9 Å². The standard InChI is InChI=1S/C10H12O3S/c1-12-8-5-6-14-9(8)10(11)13-7-3-2-4-7/h5-7H,2-4H2,1H3. The highest BCUT2D eigenvalue weighted by Crippen LogP contribution is 2.28. The van der Waals surface area contributed by atoms with E-state index < -0.39 is 0 Å². The molecule has 14 heavy (non-hydrogen) atoms. The van der Waals surface area contributed by atoms with E-state index in [9.17, 15) is 4.79 Å². The second-order valence-electron chi connectivity index (χ2n) is 3.28. The molecule has 1 fully saturated rings. The van der Waals surface area contributed by atoms with Crippen molar-refractivity contribution in [3.8, 4) is 5.75 Å². The molecular weight excluding hydrogens is 200 g/mol. The van der Waals surface area contributed by atoms with Crippen LogP contribution in [0.1, 0.15) is 28.9 Å². The maximum Gasteiger partial charge on any atom is 0.352 e. The van der Waals surface area contributed by atoms with Crippen molar-refractivity contribution in [3.63, 3.8) is 0 Å². The Balaban J connectivity index is 2.02. The third-order valence-electron chi connectivity index (χ3n) is 2.36. The van der Waals surface area contributed by atoms with Gasteiger partial charge in [0.25, 0.3) is 0 Å². The van der Waals surface area contributed by atoms with Gasteiger partial charge in [-0.1, -0.05) is 0 Å². The second-order valence-corrected chi connectivity index (χ2v) is 4.19. The fourth-order valence-electron chi connectivity index (χ4n) is 1.30. The lowest BCUT2D eigenvalue weighted by Crippen LogP contribution is -2.24. The van der Waals surface area contributed by atoms with E-state index in [4.69, 9.17) is 9.47 Å². The third kappa shape index (κ3) is 1.75. The Morgan fingerprint density at radius 3 is 2.93 bits per heavy atom. The Bertz CT molecular complexity index is 328. The van der Waals surface area contributed by atoms with Crippen molar-refractivity contribution in [2.75, 3.05) is 7.11 Å². The van der Waals surface area contributed by atoms with E-state index in [1.807, 2.05) is 5.38 Å². The summed E-state index contributed by atoms with van der Waals surface area (Å²) in [5.74, 6) is 0.362. The zero-order valence-electron chi connectivity index (χ0n) is 7.99. The SMILES string of the molecule is COc1ccsc1C(=O)OC1CCC1. The molecule has 0 unspecified atom stereocenters. The molecule has 0 aromatic carbocycles. The lowest BCUT2D eigenvalue weighted by Gasteiger charge is -2.24. The third-order valence-corrected chi connectivity index (χ3v) is 3.24. The number of hydrogen-bond acceptors (Lipinski definition) is 4. The van der Waals surface area contributed by atoms with Crippen molar-refractivity contribution in [2.24, 2.45) is 0 Å². The zero-order valence-corrected chi connectivity index (χ0v) is 8.80. The van der Waals surface area contributed by atoms with Crippen molar-refractivity contribution in [1.29, 1.82) is 0 Å². The number of methoxy groups -OCH3 is 1. The molecule has 1 aromatic rings. The molecule has 1 saturated carbocycles. The van der Waals surface area contributed by atoms with Gasteiger partial charge in [0.15, 0.2) is 4.88 Å². The number of carbonyl (C=O) groups is 1. The van der Waals surface area contributed by atoms with Crippen molar-refractivity contribution in [2.45, 2.75) is 25.4 Å². The first kappa shape index (κ1) is 9.52. The van der Waals surface area contributed by atoms with Gasteiger partial charge < -0.3 is 9.47 Å². The van der Waals surface area contributed by atoms with Crippen LogP contribution in [0.2, 0.25) is 0 Å². The Labute approximate surface area is 86.6 Å². The van der Waals surface area contributed by atoms with E-state index in [1.165, 1.54) is 17.8 Å². The van der Waals surface area contributed by atoms with Gasteiger partial charge in [-0.3, -0.25) is 0 Å². The Morgan fingerprint density at radius 2 is 2.36 bits per heavy atom. The smallest absolute Gasteiger partial charge is 0.352 e. The van der Waals surface area contributed by atoms with Crippen molar-refractivity contribution >= 4 is 17.3 Å². The van der Waals surface area contributed by atoms with Gasteiger partial charge >= 0.3 is 5.97 Å². The molecule has 3 nitrogen and oxygen atoms in total. The molecule has 0 radical (unpaired) electrons. The van der Waals surface area contributed by atoms with Gasteiger partial charge in [0, 0.05) is 0 Å². The van der Waals surface area contributed by atoms with Crippen LogP contribution >= 0.6 is 11.3 Å². The quantitative estimate of drug-likeness (QED) is 0.722. The minimum absolute atomic E-state index is 0.134. The lowest BCUT2D eigenvalue weighted by molar-refractivity contribution is 0.00929. The van der Waals surface area contributed by atoms with E-state index >= 15 is 0 Å². The summed E-state index contributed by atoms with van der Waals surface area (Å²) in [6.07, 6.45) is 3.30. The van der Waals surface area contributed by atoms with Crippen LogP contribution in [0.25, 0.3) is 0 Å². The van der Waals surface area contributed by atoms with Crippen LogP contribution in [0.15, 0.2) is 11.4 Å². The average molecular weight is 212 g/mol. The first-order chi connectivity index (χ1) is 6.81. The topological polar surface area (TPSA) is 35.5 Å². The first-order valence-electron chi connectivity index (χ1n) is 4.63. The number of thiophene rings is 1. The monoisotopic (exact) mass is 212 g/mol. The number of ether oxygens (including phenoxy) is 2. The maximum absolute atomic E-state index is 11.6. The molecule has 1 aliphatic rings. The fourth-order valence-corrected chi connectivity index (χ4v) is 2.04. The van der Waals surface area contributed by atoms with Gasteiger partial charge in [0.05, 0.1) is 7.11 Å². The summed E-state index contributed by atoms with van der Waals surface area (Å²) >= 11 is 1.36. The molecule has 0 aliphatic heterocycles. The normalized spacial score (nSPS) is 16.1.